The van der Waals surface area contributed by atoms with Crippen LogP contribution in [0.4, 0.5) is 0 Å². The van der Waals surface area contributed by atoms with E-state index in [9.17, 15) is 0 Å². The number of halogens is 1. The average molecular weight is 336 g/mol. The number of ether oxygens (including phenoxy) is 1. The molecule has 0 radical (unpaired) electrons. The van der Waals surface area contributed by atoms with E-state index in [2.05, 4.69) is 49.6 Å². The Bertz CT molecular complexity index is 593. The van der Waals surface area contributed by atoms with Gasteiger partial charge in [0.25, 0.3) is 0 Å². The lowest BCUT2D eigenvalue weighted by Crippen LogP contribution is -2.15. The molecule has 2 N–H and O–H groups in total. The number of benzene rings is 1. The molecule has 0 bridgehead atoms. The minimum absolute atomic E-state index is 0.515. The molecule has 1 heterocycles. The van der Waals surface area contributed by atoms with Gasteiger partial charge in [0.15, 0.2) is 0 Å². The van der Waals surface area contributed by atoms with Crippen LogP contribution in [-0.2, 0) is 13.2 Å². The van der Waals surface area contributed by atoms with E-state index >= 15 is 0 Å². The minimum Gasteiger partial charge on any atom is -0.472 e. The third kappa shape index (κ3) is 3.61. The van der Waals surface area contributed by atoms with Crippen molar-refractivity contribution in [3.8, 4) is 5.88 Å². The standard InChI is InChI=1S/C15H18BrN3O/c1-10-6-15(19-18-10)20-9-12-3-2-11(7-14(12)16)8-17-13-4-5-13/h2-3,6-7,13,17H,4-5,8-9H2,1H3,(H,18,19). The number of hydrogen-bond acceptors (Lipinski definition) is 3. The number of aromatic nitrogens is 2. The molecule has 0 saturated heterocycles. The van der Waals surface area contributed by atoms with Crippen LogP contribution in [-0.4, -0.2) is 16.2 Å². The van der Waals surface area contributed by atoms with Crippen molar-refractivity contribution in [2.75, 3.05) is 0 Å². The summed E-state index contributed by atoms with van der Waals surface area (Å²) in [4.78, 5) is 0. The molecule has 0 unspecified atom stereocenters. The maximum Gasteiger partial charge on any atom is 0.233 e. The lowest BCUT2D eigenvalue weighted by molar-refractivity contribution is 0.292. The van der Waals surface area contributed by atoms with E-state index in [1.165, 1.54) is 18.4 Å². The van der Waals surface area contributed by atoms with Crippen molar-refractivity contribution in [2.45, 2.75) is 39.0 Å². The van der Waals surface area contributed by atoms with Crippen LogP contribution in [0.25, 0.3) is 0 Å². The van der Waals surface area contributed by atoms with Gasteiger partial charge in [-0.2, -0.15) is 0 Å². The quantitative estimate of drug-likeness (QED) is 0.851. The highest BCUT2D eigenvalue weighted by atomic mass is 79.9. The van der Waals surface area contributed by atoms with E-state index in [1.807, 2.05) is 13.0 Å². The fourth-order valence-corrected chi connectivity index (χ4v) is 2.53. The van der Waals surface area contributed by atoms with Gasteiger partial charge in [-0.05, 0) is 31.4 Å². The van der Waals surface area contributed by atoms with Crippen molar-refractivity contribution < 1.29 is 4.74 Å². The Labute approximate surface area is 127 Å². The van der Waals surface area contributed by atoms with Crippen LogP contribution in [0, 0.1) is 6.92 Å². The third-order valence-corrected chi connectivity index (χ3v) is 4.09. The summed E-state index contributed by atoms with van der Waals surface area (Å²) in [5.41, 5.74) is 3.42. The first-order valence-electron chi connectivity index (χ1n) is 6.86. The molecule has 1 aliphatic rings. The summed E-state index contributed by atoms with van der Waals surface area (Å²) in [5.74, 6) is 0.633. The number of hydrogen-bond donors (Lipinski definition) is 2. The Morgan fingerprint density at radius 3 is 2.90 bits per heavy atom. The fraction of sp³-hybridized carbons (Fsp3) is 0.400. The van der Waals surface area contributed by atoms with Gasteiger partial charge < -0.3 is 10.1 Å². The molecule has 20 heavy (non-hydrogen) atoms. The highest BCUT2D eigenvalue weighted by Gasteiger charge is 2.19. The summed E-state index contributed by atoms with van der Waals surface area (Å²) >= 11 is 3.61. The van der Waals surface area contributed by atoms with Crippen molar-refractivity contribution in [2.24, 2.45) is 0 Å². The van der Waals surface area contributed by atoms with E-state index in [0.29, 0.717) is 12.5 Å². The van der Waals surface area contributed by atoms with E-state index in [4.69, 9.17) is 4.74 Å². The van der Waals surface area contributed by atoms with Gasteiger partial charge in [-0.3, -0.25) is 5.10 Å². The monoisotopic (exact) mass is 335 g/mol. The molecule has 1 aromatic carbocycles. The maximum absolute atomic E-state index is 5.65. The van der Waals surface area contributed by atoms with Crippen LogP contribution in [0.15, 0.2) is 28.7 Å². The smallest absolute Gasteiger partial charge is 0.233 e. The summed E-state index contributed by atoms with van der Waals surface area (Å²) in [6, 6.07) is 9.04. The molecule has 5 heteroatoms. The Morgan fingerprint density at radius 1 is 1.40 bits per heavy atom. The molecule has 3 rings (SSSR count). The second kappa shape index (κ2) is 5.97. The summed E-state index contributed by atoms with van der Waals surface area (Å²) in [6.07, 6.45) is 2.63. The molecule has 106 valence electrons. The topological polar surface area (TPSA) is 49.9 Å². The second-order valence-electron chi connectivity index (χ2n) is 5.26. The van der Waals surface area contributed by atoms with E-state index in [1.54, 1.807) is 0 Å². The molecule has 1 fully saturated rings. The van der Waals surface area contributed by atoms with Gasteiger partial charge >= 0.3 is 0 Å². The molecule has 4 nitrogen and oxygen atoms in total. The molecule has 0 atom stereocenters. The minimum atomic E-state index is 0.515. The van der Waals surface area contributed by atoms with Crippen molar-refractivity contribution in [1.82, 2.24) is 15.5 Å². The van der Waals surface area contributed by atoms with Gasteiger partial charge in [-0.15, -0.1) is 5.10 Å². The highest BCUT2D eigenvalue weighted by molar-refractivity contribution is 9.10. The molecule has 1 aliphatic carbocycles. The zero-order valence-corrected chi connectivity index (χ0v) is 13.0. The van der Waals surface area contributed by atoms with Crippen LogP contribution >= 0.6 is 15.9 Å². The first-order chi connectivity index (χ1) is 9.70. The van der Waals surface area contributed by atoms with Crippen molar-refractivity contribution >= 4 is 15.9 Å². The van der Waals surface area contributed by atoms with Gasteiger partial charge in [0.05, 0.1) is 0 Å². The zero-order chi connectivity index (χ0) is 13.9. The molecule has 0 aliphatic heterocycles. The van der Waals surface area contributed by atoms with Gasteiger partial charge in [0.1, 0.15) is 6.61 Å². The number of aromatic amines is 1. The lowest BCUT2D eigenvalue weighted by Gasteiger charge is -2.08. The van der Waals surface area contributed by atoms with Crippen LogP contribution in [0.1, 0.15) is 29.7 Å². The SMILES string of the molecule is Cc1cc(OCc2ccc(CNC3CC3)cc2Br)n[nH]1. The number of rotatable bonds is 6. The zero-order valence-electron chi connectivity index (χ0n) is 11.4. The Kier molecular flexibility index (Phi) is 4.08. The Morgan fingerprint density at radius 2 is 2.25 bits per heavy atom. The van der Waals surface area contributed by atoms with Gasteiger partial charge in [-0.25, -0.2) is 0 Å². The van der Waals surface area contributed by atoms with Crippen LogP contribution in [0.5, 0.6) is 5.88 Å². The van der Waals surface area contributed by atoms with E-state index < -0.39 is 0 Å². The molecular formula is C15H18BrN3O. The van der Waals surface area contributed by atoms with Gasteiger partial charge in [0.2, 0.25) is 5.88 Å². The molecule has 1 aromatic heterocycles. The van der Waals surface area contributed by atoms with E-state index in [0.717, 1.165) is 28.3 Å². The fourth-order valence-electron chi connectivity index (χ4n) is 1.99. The van der Waals surface area contributed by atoms with Gasteiger partial charge in [-0.1, -0.05) is 28.1 Å². The lowest BCUT2D eigenvalue weighted by atomic mass is 10.1. The number of H-pyrrole nitrogens is 1. The Balaban J connectivity index is 1.58. The second-order valence-corrected chi connectivity index (χ2v) is 6.11. The third-order valence-electron chi connectivity index (χ3n) is 3.35. The largest absolute Gasteiger partial charge is 0.472 e. The van der Waals surface area contributed by atoms with Crippen LogP contribution in [0.3, 0.4) is 0 Å². The molecule has 0 spiro atoms. The first kappa shape index (κ1) is 13.6. The normalized spacial score (nSPS) is 14.5. The summed E-state index contributed by atoms with van der Waals surface area (Å²) < 4.78 is 6.74. The van der Waals surface area contributed by atoms with Crippen molar-refractivity contribution in [3.05, 3.63) is 45.6 Å². The Hall–Kier alpha value is -1.33. The van der Waals surface area contributed by atoms with Crippen molar-refractivity contribution in [3.63, 3.8) is 0 Å². The van der Waals surface area contributed by atoms with Crippen molar-refractivity contribution in [1.29, 1.82) is 0 Å². The number of nitrogens with one attached hydrogen (secondary N) is 2. The molecule has 1 saturated carbocycles. The molecule has 0 amide bonds. The van der Waals surface area contributed by atoms with E-state index in [-0.39, 0.29) is 0 Å². The van der Waals surface area contributed by atoms with Crippen LogP contribution < -0.4 is 10.1 Å². The first-order valence-corrected chi connectivity index (χ1v) is 7.65. The average Bonchev–Trinajstić information content (AvgIpc) is 3.17. The summed E-state index contributed by atoms with van der Waals surface area (Å²) in [7, 11) is 0. The summed E-state index contributed by atoms with van der Waals surface area (Å²) in [5, 5.41) is 10.4. The number of aryl methyl sites for hydroxylation is 1. The van der Waals surface area contributed by atoms with Gasteiger partial charge in [0, 0.05) is 34.4 Å². The van der Waals surface area contributed by atoms with Crippen LogP contribution in [0.2, 0.25) is 0 Å². The maximum atomic E-state index is 5.65. The highest BCUT2D eigenvalue weighted by Crippen LogP contribution is 2.22. The molecule has 2 aromatic rings. The summed E-state index contributed by atoms with van der Waals surface area (Å²) in [6.45, 7) is 3.40. The molecular weight excluding hydrogens is 318 g/mol. The predicted molar refractivity (Wildman–Crippen MR) is 81.7 cm³/mol. The predicted octanol–water partition coefficient (Wildman–Crippen LogP) is 3.31. The number of nitrogens with zero attached hydrogens (tertiary/aromatic N) is 1.